The van der Waals surface area contributed by atoms with E-state index in [4.69, 9.17) is 15.0 Å². The van der Waals surface area contributed by atoms with Crippen LogP contribution in [0.1, 0.15) is 43.2 Å². The fourth-order valence-corrected chi connectivity index (χ4v) is 13.2. The van der Waals surface area contributed by atoms with Crippen molar-refractivity contribution in [2.24, 2.45) is 29.1 Å². The predicted octanol–water partition coefficient (Wildman–Crippen LogP) is 11.7. The third-order valence-electron chi connectivity index (χ3n) is 14.6. The van der Waals surface area contributed by atoms with Crippen molar-refractivity contribution >= 4 is 21.8 Å². The van der Waals surface area contributed by atoms with Gasteiger partial charge >= 0.3 is 0 Å². The Labute approximate surface area is 314 Å². The number of benzene rings is 6. The fraction of sp³-hybridized carbons (Fsp3) is 0.220. The van der Waals surface area contributed by atoms with Gasteiger partial charge in [0.1, 0.15) is 0 Å². The van der Waals surface area contributed by atoms with Crippen LogP contribution < -0.4 is 0 Å². The van der Waals surface area contributed by atoms with Gasteiger partial charge in [0.15, 0.2) is 17.5 Å². The molecule has 0 radical (unpaired) electrons. The standard InChI is InChI=1S/C50H38N4/c1-3-13-32(14-4-1)46-51-47(33-15-5-2-6-16-33)53-48(52-46)36-19-9-12-22-40(36)54-39-21-11-8-18-35(39)45-41(54)24-23-38-44(45)34-17-7-10-20-37(34)50(38)42-26-30-25-31-27-43(50)49(42,28-30)29-31/h1-24,30-31,42-43H,25-29H2. The van der Waals surface area contributed by atoms with Crippen LogP contribution in [-0.2, 0) is 5.41 Å². The summed E-state index contributed by atoms with van der Waals surface area (Å²) in [4.78, 5) is 15.4. The van der Waals surface area contributed by atoms with Gasteiger partial charge in [0.05, 0.1) is 16.7 Å². The van der Waals surface area contributed by atoms with E-state index < -0.39 is 0 Å². The van der Waals surface area contributed by atoms with Crippen molar-refractivity contribution in [3.05, 3.63) is 157 Å². The van der Waals surface area contributed by atoms with Crippen molar-refractivity contribution < 1.29 is 0 Å². The number of hydrogen-bond acceptors (Lipinski definition) is 3. The van der Waals surface area contributed by atoms with Gasteiger partial charge in [0, 0.05) is 32.9 Å². The molecule has 258 valence electrons. The summed E-state index contributed by atoms with van der Waals surface area (Å²) < 4.78 is 2.48. The number of para-hydroxylation sites is 2. The molecule has 2 spiro atoms. The molecule has 2 heterocycles. The quantitative estimate of drug-likeness (QED) is 0.184. The van der Waals surface area contributed by atoms with Crippen LogP contribution in [0.4, 0.5) is 0 Å². The van der Waals surface area contributed by atoms with Crippen molar-refractivity contribution in [2.75, 3.05) is 0 Å². The lowest BCUT2D eigenvalue weighted by Crippen LogP contribution is -2.62. The minimum absolute atomic E-state index is 0.151. The first-order valence-corrected chi connectivity index (χ1v) is 19.9. The van der Waals surface area contributed by atoms with E-state index in [9.17, 15) is 0 Å². The van der Waals surface area contributed by atoms with Gasteiger partial charge in [-0.05, 0) is 108 Å². The van der Waals surface area contributed by atoms with E-state index in [-0.39, 0.29) is 5.41 Å². The Kier molecular flexibility index (Phi) is 5.70. The minimum Gasteiger partial charge on any atom is -0.308 e. The normalized spacial score (nSPS) is 26.7. The van der Waals surface area contributed by atoms with E-state index in [1.54, 1.807) is 11.1 Å². The van der Waals surface area contributed by atoms with Crippen LogP contribution >= 0.6 is 0 Å². The molecule has 4 atom stereocenters. The van der Waals surface area contributed by atoms with E-state index >= 15 is 0 Å². The number of fused-ring (bicyclic) bond motifs is 13. The summed E-state index contributed by atoms with van der Waals surface area (Å²) in [5, 5.41) is 2.69. The average molecular weight is 695 g/mol. The van der Waals surface area contributed by atoms with Crippen LogP contribution in [0.15, 0.2) is 146 Å². The third-order valence-corrected chi connectivity index (χ3v) is 14.6. The van der Waals surface area contributed by atoms with E-state index in [0.717, 1.165) is 46.0 Å². The van der Waals surface area contributed by atoms with Gasteiger partial charge < -0.3 is 4.57 Å². The van der Waals surface area contributed by atoms with Gasteiger partial charge in [0.2, 0.25) is 0 Å². The van der Waals surface area contributed by atoms with E-state index in [1.165, 1.54) is 65.0 Å². The summed E-state index contributed by atoms with van der Waals surface area (Å²) >= 11 is 0. The van der Waals surface area contributed by atoms with Crippen LogP contribution in [0.3, 0.4) is 0 Å². The Morgan fingerprint density at radius 3 is 1.80 bits per heavy atom. The summed E-state index contributed by atoms with van der Waals surface area (Å²) in [5.74, 6) is 5.40. The van der Waals surface area contributed by atoms with Crippen molar-refractivity contribution in [3.63, 3.8) is 0 Å². The number of rotatable bonds is 4. The molecule has 5 aliphatic rings. The molecule has 3 bridgehead atoms. The molecule has 54 heavy (non-hydrogen) atoms. The van der Waals surface area contributed by atoms with Gasteiger partial charge in [-0.2, -0.15) is 0 Å². The summed E-state index contributed by atoms with van der Waals surface area (Å²) in [5.41, 5.74) is 13.3. The monoisotopic (exact) mass is 694 g/mol. The topological polar surface area (TPSA) is 43.6 Å². The molecule has 0 amide bonds. The number of nitrogens with zero attached hydrogens (tertiary/aromatic N) is 4. The molecule has 4 nitrogen and oxygen atoms in total. The Hall–Kier alpha value is -5.87. The highest BCUT2D eigenvalue weighted by Gasteiger charge is 2.79. The third kappa shape index (κ3) is 3.57. The maximum absolute atomic E-state index is 5.19. The zero-order valence-corrected chi connectivity index (χ0v) is 30.0. The molecular weight excluding hydrogens is 657 g/mol. The summed E-state index contributed by atoms with van der Waals surface area (Å²) in [6.45, 7) is 0. The van der Waals surface area contributed by atoms with Crippen molar-refractivity contribution in [2.45, 2.75) is 37.5 Å². The first-order valence-electron chi connectivity index (χ1n) is 19.9. The van der Waals surface area contributed by atoms with E-state index in [0.29, 0.717) is 22.9 Å². The van der Waals surface area contributed by atoms with Crippen LogP contribution in [0.25, 0.3) is 72.8 Å². The molecule has 8 aromatic rings. The number of aromatic nitrogens is 4. The highest BCUT2D eigenvalue weighted by Crippen LogP contribution is 2.85. The molecule has 5 aliphatic carbocycles. The zero-order valence-electron chi connectivity index (χ0n) is 30.0. The maximum Gasteiger partial charge on any atom is 0.166 e. The summed E-state index contributed by atoms with van der Waals surface area (Å²) in [6.07, 6.45) is 7.26. The molecule has 0 N–H and O–H groups in total. The van der Waals surface area contributed by atoms with Gasteiger partial charge in [-0.15, -0.1) is 0 Å². The van der Waals surface area contributed by atoms with E-state index in [2.05, 4.69) is 114 Å². The Bertz CT molecular complexity index is 2770. The second-order valence-corrected chi connectivity index (χ2v) is 16.9. The number of hydrogen-bond donors (Lipinski definition) is 0. The summed E-state index contributed by atoms with van der Waals surface area (Å²) in [6, 6.07) is 52.8. The highest BCUT2D eigenvalue weighted by atomic mass is 15.1. The molecule has 0 aliphatic heterocycles. The van der Waals surface area contributed by atoms with Crippen molar-refractivity contribution in [3.8, 4) is 51.0 Å². The highest BCUT2D eigenvalue weighted by molar-refractivity contribution is 6.18. The maximum atomic E-state index is 5.19. The van der Waals surface area contributed by atoms with Crippen LogP contribution in [0.5, 0.6) is 0 Å². The Morgan fingerprint density at radius 2 is 1.07 bits per heavy atom. The molecule has 4 heteroatoms. The Morgan fingerprint density at radius 1 is 0.481 bits per heavy atom. The lowest BCUT2D eigenvalue weighted by molar-refractivity contribution is -0.0820. The molecule has 6 aromatic carbocycles. The smallest absolute Gasteiger partial charge is 0.166 e. The summed E-state index contributed by atoms with van der Waals surface area (Å²) in [7, 11) is 0. The predicted molar refractivity (Wildman–Crippen MR) is 216 cm³/mol. The Balaban J connectivity index is 1.07. The minimum atomic E-state index is 0.151. The SMILES string of the molecule is c1ccc(-c2nc(-c3ccccc3)nc(-c3ccccc3-n3c4ccccc4c4c5c(ccc43)C3(c4ccccc4-5)C4CC5CC6CC3C4(C5)C6)n2)cc1. The fourth-order valence-electron chi connectivity index (χ4n) is 13.2. The first-order chi connectivity index (χ1) is 26.7. The van der Waals surface area contributed by atoms with Crippen LogP contribution in [0.2, 0.25) is 0 Å². The van der Waals surface area contributed by atoms with Crippen LogP contribution in [0, 0.1) is 29.1 Å². The molecule has 4 saturated carbocycles. The lowest BCUT2D eigenvalue weighted by atomic mass is 9.38. The second kappa shape index (κ2) is 10.4. The van der Waals surface area contributed by atoms with Gasteiger partial charge in [-0.3, -0.25) is 0 Å². The first kappa shape index (κ1) is 29.6. The van der Waals surface area contributed by atoms with Crippen molar-refractivity contribution in [1.29, 1.82) is 0 Å². The van der Waals surface area contributed by atoms with E-state index in [1.807, 2.05) is 36.4 Å². The average Bonchev–Trinajstić information content (AvgIpc) is 3.89. The molecular formula is C50H38N4. The molecule has 13 rings (SSSR count). The van der Waals surface area contributed by atoms with Crippen molar-refractivity contribution in [1.82, 2.24) is 19.5 Å². The second-order valence-electron chi connectivity index (χ2n) is 16.9. The lowest BCUT2D eigenvalue weighted by Gasteiger charge is -2.64. The largest absolute Gasteiger partial charge is 0.308 e. The molecule has 0 saturated heterocycles. The zero-order chi connectivity index (χ0) is 35.2. The molecule has 4 fully saturated rings. The van der Waals surface area contributed by atoms with Gasteiger partial charge in [0.25, 0.3) is 0 Å². The van der Waals surface area contributed by atoms with Crippen LogP contribution in [-0.4, -0.2) is 19.5 Å². The molecule has 2 aromatic heterocycles. The van der Waals surface area contributed by atoms with Gasteiger partial charge in [-0.25, -0.2) is 15.0 Å². The van der Waals surface area contributed by atoms with Gasteiger partial charge in [-0.1, -0.05) is 121 Å². The molecule has 4 unspecified atom stereocenters.